The van der Waals surface area contributed by atoms with Gasteiger partial charge in [-0.1, -0.05) is 0 Å². The lowest BCUT2D eigenvalue weighted by atomic mass is 10.1. The lowest BCUT2D eigenvalue weighted by Crippen LogP contribution is -2.35. The van der Waals surface area contributed by atoms with Crippen molar-refractivity contribution in [1.29, 1.82) is 0 Å². The molecule has 10 heteroatoms. The van der Waals surface area contributed by atoms with E-state index in [2.05, 4.69) is 14.9 Å². The first kappa shape index (κ1) is 22.6. The molecule has 0 saturated carbocycles. The Morgan fingerprint density at radius 2 is 2.12 bits per heavy atom. The predicted molar refractivity (Wildman–Crippen MR) is 129 cm³/mol. The Kier molecular flexibility index (Phi) is 7.02. The van der Waals surface area contributed by atoms with E-state index in [-0.39, 0.29) is 11.5 Å². The van der Waals surface area contributed by atoms with Crippen molar-refractivity contribution in [3.63, 3.8) is 0 Å². The van der Waals surface area contributed by atoms with Crippen LogP contribution in [0.3, 0.4) is 0 Å². The van der Waals surface area contributed by atoms with Gasteiger partial charge in [-0.3, -0.25) is 14.2 Å². The molecule has 0 aliphatic carbocycles. The summed E-state index contributed by atoms with van der Waals surface area (Å²) < 4.78 is 6.96. The fourth-order valence-corrected chi connectivity index (χ4v) is 5.08. The van der Waals surface area contributed by atoms with Crippen molar-refractivity contribution in [1.82, 2.24) is 19.4 Å². The smallest absolute Gasteiger partial charge is 0.262 e. The van der Waals surface area contributed by atoms with Gasteiger partial charge < -0.3 is 19.5 Å². The molecule has 0 radical (unpaired) electrons. The van der Waals surface area contributed by atoms with Gasteiger partial charge in [0.25, 0.3) is 11.5 Å². The van der Waals surface area contributed by atoms with Gasteiger partial charge in [0.05, 0.1) is 16.6 Å². The number of carbonyl (C=O) groups excluding carboxylic acids is 1. The summed E-state index contributed by atoms with van der Waals surface area (Å²) in [5, 5.41) is 3.58. The maximum absolute atomic E-state index is 13.2. The molecule has 1 amide bonds. The van der Waals surface area contributed by atoms with E-state index in [1.54, 1.807) is 41.2 Å². The number of amides is 1. The highest BCUT2D eigenvalue weighted by atomic mass is 32.1. The second-order valence-electron chi connectivity index (χ2n) is 7.90. The fraction of sp³-hybridized carbons (Fsp3) is 0.455. The SMILES string of the molecule is COCCCn1c(=S)[nH]c2cc(C(=O)N3CCCN(c4nc(C)cs4)CC3)ccc2c1=O. The van der Waals surface area contributed by atoms with E-state index >= 15 is 0 Å². The van der Waals surface area contributed by atoms with Gasteiger partial charge in [0.2, 0.25) is 0 Å². The van der Waals surface area contributed by atoms with Gasteiger partial charge in [0.1, 0.15) is 0 Å². The summed E-state index contributed by atoms with van der Waals surface area (Å²) in [6.07, 6.45) is 1.58. The number of carbonyl (C=O) groups is 1. The topological polar surface area (TPSA) is 83.5 Å². The van der Waals surface area contributed by atoms with Crippen LogP contribution in [0, 0.1) is 11.7 Å². The highest BCUT2D eigenvalue weighted by molar-refractivity contribution is 7.71. The number of aryl methyl sites for hydroxylation is 1. The molecule has 1 saturated heterocycles. The number of H-pyrrole nitrogens is 1. The molecule has 1 N–H and O–H groups in total. The van der Waals surface area contributed by atoms with Crippen molar-refractivity contribution in [3.05, 3.63) is 50.0 Å². The van der Waals surface area contributed by atoms with E-state index in [0.29, 0.717) is 53.9 Å². The Labute approximate surface area is 195 Å². The van der Waals surface area contributed by atoms with Crippen LogP contribution in [-0.4, -0.2) is 65.2 Å². The molecule has 0 atom stereocenters. The minimum absolute atomic E-state index is 0.0346. The number of fused-ring (bicyclic) bond motifs is 1. The zero-order valence-electron chi connectivity index (χ0n) is 18.3. The Bertz CT molecular complexity index is 1230. The van der Waals surface area contributed by atoms with Crippen molar-refractivity contribution < 1.29 is 9.53 Å². The van der Waals surface area contributed by atoms with Gasteiger partial charge in [0.15, 0.2) is 9.90 Å². The summed E-state index contributed by atoms with van der Waals surface area (Å²) in [6, 6.07) is 5.18. The van der Waals surface area contributed by atoms with Crippen LogP contribution in [0.5, 0.6) is 0 Å². The van der Waals surface area contributed by atoms with E-state index in [4.69, 9.17) is 17.0 Å². The number of ether oxygens (including phenoxy) is 1. The quantitative estimate of drug-likeness (QED) is 0.437. The molecule has 3 aromatic rings. The molecule has 0 spiro atoms. The monoisotopic (exact) mass is 473 g/mol. The van der Waals surface area contributed by atoms with Crippen molar-refractivity contribution in [2.75, 3.05) is 44.8 Å². The standard InChI is InChI=1S/C22H27N5O3S2/c1-15-14-32-22(23-15)26-8-3-7-25(10-11-26)19(28)16-5-6-17-18(13-16)24-21(31)27(20(17)29)9-4-12-30-2/h5-6,13-14H,3-4,7-12H2,1-2H3,(H,24,31). The van der Waals surface area contributed by atoms with E-state index in [9.17, 15) is 9.59 Å². The zero-order valence-corrected chi connectivity index (χ0v) is 19.9. The van der Waals surface area contributed by atoms with Crippen LogP contribution in [-0.2, 0) is 11.3 Å². The fourth-order valence-electron chi connectivity index (χ4n) is 3.94. The predicted octanol–water partition coefficient (Wildman–Crippen LogP) is 3.21. The normalized spacial score (nSPS) is 14.7. The number of nitrogens with one attached hydrogen (secondary N) is 1. The number of methoxy groups -OCH3 is 1. The number of rotatable bonds is 6. The number of hydrogen-bond acceptors (Lipinski definition) is 7. The van der Waals surface area contributed by atoms with Crippen molar-refractivity contribution >= 4 is 45.5 Å². The van der Waals surface area contributed by atoms with Crippen LogP contribution < -0.4 is 10.5 Å². The van der Waals surface area contributed by atoms with Crippen LogP contribution in [0.15, 0.2) is 28.4 Å². The van der Waals surface area contributed by atoms with E-state index in [0.717, 1.165) is 30.3 Å². The lowest BCUT2D eigenvalue weighted by molar-refractivity contribution is 0.0767. The Hall–Kier alpha value is -2.56. The molecule has 1 aliphatic rings. The van der Waals surface area contributed by atoms with Crippen LogP contribution in [0.2, 0.25) is 0 Å². The summed E-state index contributed by atoms with van der Waals surface area (Å²) in [5.41, 5.74) is 2.01. The van der Waals surface area contributed by atoms with Gasteiger partial charge in [-0.05, 0) is 50.2 Å². The highest BCUT2D eigenvalue weighted by Gasteiger charge is 2.22. The summed E-state index contributed by atoms with van der Waals surface area (Å²) in [4.78, 5) is 37.9. The number of thiazole rings is 1. The summed E-state index contributed by atoms with van der Waals surface area (Å²) in [7, 11) is 1.63. The van der Waals surface area contributed by atoms with E-state index in [1.165, 1.54) is 0 Å². The first-order valence-corrected chi connectivity index (χ1v) is 12.0. The van der Waals surface area contributed by atoms with Crippen LogP contribution >= 0.6 is 23.6 Å². The number of benzene rings is 1. The molecule has 1 aliphatic heterocycles. The second-order valence-corrected chi connectivity index (χ2v) is 9.12. The Morgan fingerprint density at radius 3 is 2.88 bits per heavy atom. The average molecular weight is 474 g/mol. The molecule has 1 aromatic carbocycles. The van der Waals surface area contributed by atoms with E-state index < -0.39 is 0 Å². The van der Waals surface area contributed by atoms with Gasteiger partial charge in [-0.25, -0.2) is 4.98 Å². The largest absolute Gasteiger partial charge is 0.385 e. The molecule has 170 valence electrons. The Balaban J connectivity index is 1.53. The van der Waals surface area contributed by atoms with Crippen LogP contribution in [0.1, 0.15) is 28.9 Å². The number of aromatic amines is 1. The number of hydrogen-bond donors (Lipinski definition) is 1. The third kappa shape index (κ3) is 4.77. The van der Waals surface area contributed by atoms with Gasteiger partial charge in [-0.2, -0.15) is 0 Å². The highest BCUT2D eigenvalue weighted by Crippen LogP contribution is 2.22. The van der Waals surface area contributed by atoms with Crippen molar-refractivity contribution in [3.8, 4) is 0 Å². The molecule has 3 heterocycles. The first-order valence-electron chi connectivity index (χ1n) is 10.7. The number of anilines is 1. The van der Waals surface area contributed by atoms with Crippen LogP contribution in [0.25, 0.3) is 10.9 Å². The van der Waals surface area contributed by atoms with Crippen molar-refractivity contribution in [2.24, 2.45) is 0 Å². The van der Waals surface area contributed by atoms with E-state index in [1.807, 2.05) is 17.2 Å². The van der Waals surface area contributed by atoms with Gasteiger partial charge >= 0.3 is 0 Å². The maximum atomic E-state index is 13.2. The zero-order chi connectivity index (χ0) is 22.7. The summed E-state index contributed by atoms with van der Waals surface area (Å²) >= 11 is 7.03. The molecule has 2 aromatic heterocycles. The molecule has 0 bridgehead atoms. The average Bonchev–Trinajstić information content (AvgIpc) is 3.06. The molecule has 32 heavy (non-hydrogen) atoms. The molecule has 1 fully saturated rings. The third-order valence-corrected chi connectivity index (χ3v) is 6.96. The van der Waals surface area contributed by atoms with Crippen LogP contribution in [0.4, 0.5) is 5.13 Å². The summed E-state index contributed by atoms with van der Waals surface area (Å²) in [6.45, 7) is 5.99. The summed E-state index contributed by atoms with van der Waals surface area (Å²) in [5.74, 6) is -0.0346. The van der Waals surface area contributed by atoms with Gasteiger partial charge in [0, 0.05) is 57.4 Å². The molecular weight excluding hydrogens is 446 g/mol. The Morgan fingerprint density at radius 1 is 1.28 bits per heavy atom. The third-order valence-electron chi connectivity index (χ3n) is 5.62. The number of nitrogens with zero attached hydrogens (tertiary/aromatic N) is 4. The molecular formula is C22H27N5O3S2. The maximum Gasteiger partial charge on any atom is 0.262 e. The number of aromatic nitrogens is 3. The molecule has 0 unspecified atom stereocenters. The first-order chi connectivity index (χ1) is 15.5. The van der Waals surface area contributed by atoms with Crippen molar-refractivity contribution in [2.45, 2.75) is 26.3 Å². The van der Waals surface area contributed by atoms with Gasteiger partial charge in [-0.15, -0.1) is 11.3 Å². The second kappa shape index (κ2) is 9.93. The molecule has 8 nitrogen and oxygen atoms in total. The molecule has 4 rings (SSSR count). The minimum Gasteiger partial charge on any atom is -0.385 e. The minimum atomic E-state index is -0.150. The lowest BCUT2D eigenvalue weighted by Gasteiger charge is -2.22.